The summed E-state index contributed by atoms with van der Waals surface area (Å²) in [5.41, 5.74) is 0.102. The SMILES string of the molecule is CCCN1CCC2(CC1)OCC(C(=O)O)N2C(=O)C=Cc1ccccc1. The van der Waals surface area contributed by atoms with E-state index >= 15 is 0 Å². The highest BCUT2D eigenvalue weighted by atomic mass is 16.5. The molecule has 3 rings (SSSR count). The van der Waals surface area contributed by atoms with Crippen molar-refractivity contribution in [3.8, 4) is 0 Å². The quantitative estimate of drug-likeness (QED) is 0.818. The first-order valence-electron chi connectivity index (χ1n) is 9.21. The largest absolute Gasteiger partial charge is 0.480 e. The summed E-state index contributed by atoms with van der Waals surface area (Å²) >= 11 is 0. The molecule has 0 saturated carbocycles. The Morgan fingerprint density at radius 3 is 2.58 bits per heavy atom. The van der Waals surface area contributed by atoms with Gasteiger partial charge in [-0.2, -0.15) is 0 Å². The number of carbonyl (C=O) groups excluding carboxylic acids is 1. The summed E-state index contributed by atoms with van der Waals surface area (Å²) in [6.07, 6.45) is 5.54. The van der Waals surface area contributed by atoms with E-state index in [-0.39, 0.29) is 12.5 Å². The second-order valence-electron chi connectivity index (χ2n) is 6.91. The van der Waals surface area contributed by atoms with Crippen molar-refractivity contribution in [2.45, 2.75) is 38.0 Å². The Morgan fingerprint density at radius 2 is 1.96 bits per heavy atom. The van der Waals surface area contributed by atoms with Crippen molar-refractivity contribution < 1.29 is 19.4 Å². The Balaban J connectivity index is 1.78. The zero-order valence-corrected chi connectivity index (χ0v) is 15.1. The van der Waals surface area contributed by atoms with E-state index in [1.165, 1.54) is 11.0 Å². The Kier molecular flexibility index (Phi) is 5.74. The van der Waals surface area contributed by atoms with Crippen LogP contribution in [0.5, 0.6) is 0 Å². The first-order valence-corrected chi connectivity index (χ1v) is 9.21. The Hall–Kier alpha value is -2.18. The van der Waals surface area contributed by atoms with Gasteiger partial charge in [-0.3, -0.25) is 9.69 Å². The van der Waals surface area contributed by atoms with Crippen molar-refractivity contribution in [3.05, 3.63) is 42.0 Å². The topological polar surface area (TPSA) is 70.1 Å². The number of carbonyl (C=O) groups is 2. The Morgan fingerprint density at radius 1 is 1.27 bits per heavy atom. The van der Waals surface area contributed by atoms with Gasteiger partial charge in [0.2, 0.25) is 5.91 Å². The average Bonchev–Trinajstić information content (AvgIpc) is 3.02. The summed E-state index contributed by atoms with van der Waals surface area (Å²) in [6, 6.07) is 8.58. The number of rotatable bonds is 5. The molecule has 2 saturated heterocycles. The molecule has 1 amide bonds. The van der Waals surface area contributed by atoms with Crippen molar-refractivity contribution in [2.75, 3.05) is 26.2 Å². The number of aliphatic carboxylic acids is 1. The zero-order valence-electron chi connectivity index (χ0n) is 15.1. The maximum absolute atomic E-state index is 12.9. The predicted octanol–water partition coefficient (Wildman–Crippen LogP) is 2.21. The van der Waals surface area contributed by atoms with Crippen LogP contribution in [-0.2, 0) is 14.3 Å². The van der Waals surface area contributed by atoms with Crippen molar-refractivity contribution in [3.63, 3.8) is 0 Å². The summed E-state index contributed by atoms with van der Waals surface area (Å²) in [5.74, 6) is -1.32. The third kappa shape index (κ3) is 3.81. The number of hydrogen-bond acceptors (Lipinski definition) is 4. The lowest BCUT2D eigenvalue weighted by Gasteiger charge is -2.44. The standard InChI is InChI=1S/C20H26N2O4/c1-2-12-21-13-10-20(11-14-21)22(17(15-26-20)19(24)25)18(23)9-8-16-6-4-3-5-7-16/h3-9,17H,2,10-15H2,1H3,(H,24,25). The molecular weight excluding hydrogens is 332 g/mol. The molecule has 140 valence electrons. The fourth-order valence-electron chi connectivity index (χ4n) is 3.84. The normalized spacial score (nSPS) is 23.0. The first-order chi connectivity index (χ1) is 12.6. The minimum absolute atomic E-state index is 0.0496. The first kappa shape index (κ1) is 18.6. The predicted molar refractivity (Wildman–Crippen MR) is 98.4 cm³/mol. The molecule has 26 heavy (non-hydrogen) atoms. The summed E-state index contributed by atoms with van der Waals surface area (Å²) < 4.78 is 5.93. The van der Waals surface area contributed by atoms with E-state index in [4.69, 9.17) is 4.74 Å². The molecule has 0 radical (unpaired) electrons. The second-order valence-corrected chi connectivity index (χ2v) is 6.91. The molecule has 1 unspecified atom stereocenters. The monoisotopic (exact) mass is 358 g/mol. The lowest BCUT2D eigenvalue weighted by molar-refractivity contribution is -0.162. The Labute approximate surface area is 154 Å². The van der Waals surface area contributed by atoms with Gasteiger partial charge in [-0.1, -0.05) is 37.3 Å². The van der Waals surface area contributed by atoms with Gasteiger partial charge in [0.25, 0.3) is 0 Å². The van der Waals surface area contributed by atoms with Crippen LogP contribution < -0.4 is 0 Å². The number of amides is 1. The number of benzene rings is 1. The van der Waals surface area contributed by atoms with E-state index in [9.17, 15) is 14.7 Å². The summed E-state index contributed by atoms with van der Waals surface area (Å²) in [6.45, 7) is 4.83. The van der Waals surface area contributed by atoms with E-state index in [2.05, 4.69) is 11.8 Å². The van der Waals surface area contributed by atoms with Crippen LogP contribution in [0.1, 0.15) is 31.7 Å². The average molecular weight is 358 g/mol. The molecule has 1 N–H and O–H groups in total. The Bertz CT molecular complexity index is 666. The van der Waals surface area contributed by atoms with E-state index < -0.39 is 17.7 Å². The van der Waals surface area contributed by atoms with Crippen molar-refractivity contribution in [1.29, 1.82) is 0 Å². The molecule has 1 aromatic carbocycles. The van der Waals surface area contributed by atoms with E-state index in [1.54, 1.807) is 6.08 Å². The second kappa shape index (κ2) is 8.01. The van der Waals surface area contributed by atoms with Gasteiger partial charge in [0.15, 0.2) is 6.04 Å². The molecule has 1 atom stereocenters. The molecular formula is C20H26N2O4. The van der Waals surface area contributed by atoms with Crippen LogP contribution in [0.4, 0.5) is 0 Å². The number of carboxylic acids is 1. The fourth-order valence-corrected chi connectivity index (χ4v) is 3.84. The highest BCUT2D eigenvalue weighted by molar-refractivity contribution is 5.95. The summed E-state index contributed by atoms with van der Waals surface area (Å²) in [5, 5.41) is 9.56. The van der Waals surface area contributed by atoms with E-state index in [0.29, 0.717) is 12.8 Å². The molecule has 1 spiro atoms. The summed E-state index contributed by atoms with van der Waals surface area (Å²) in [4.78, 5) is 28.4. The van der Waals surface area contributed by atoms with Crippen LogP contribution in [0, 0.1) is 0 Å². The minimum Gasteiger partial charge on any atom is -0.480 e. The van der Waals surface area contributed by atoms with Gasteiger partial charge in [0.1, 0.15) is 5.72 Å². The number of hydrogen-bond donors (Lipinski definition) is 1. The molecule has 0 bridgehead atoms. The lowest BCUT2D eigenvalue weighted by Crippen LogP contribution is -2.57. The molecule has 2 aliphatic rings. The van der Waals surface area contributed by atoms with Crippen LogP contribution in [0.15, 0.2) is 36.4 Å². The van der Waals surface area contributed by atoms with E-state index in [1.807, 2.05) is 30.3 Å². The minimum atomic E-state index is -1.01. The smallest absolute Gasteiger partial charge is 0.328 e. The third-order valence-corrected chi connectivity index (χ3v) is 5.18. The molecule has 2 aliphatic heterocycles. The molecule has 6 nitrogen and oxygen atoms in total. The van der Waals surface area contributed by atoms with Gasteiger partial charge >= 0.3 is 5.97 Å². The van der Waals surface area contributed by atoms with Crippen molar-refractivity contribution >= 4 is 18.0 Å². The van der Waals surface area contributed by atoms with Crippen LogP contribution in [-0.4, -0.2) is 64.8 Å². The van der Waals surface area contributed by atoms with Crippen molar-refractivity contribution in [2.24, 2.45) is 0 Å². The third-order valence-electron chi connectivity index (χ3n) is 5.18. The van der Waals surface area contributed by atoms with Crippen molar-refractivity contribution in [1.82, 2.24) is 9.80 Å². The number of likely N-dealkylation sites (tertiary alicyclic amines) is 1. The van der Waals surface area contributed by atoms with Gasteiger partial charge in [-0.15, -0.1) is 0 Å². The molecule has 1 aromatic rings. The number of ether oxygens (including phenoxy) is 1. The van der Waals surface area contributed by atoms with Crippen LogP contribution in [0.2, 0.25) is 0 Å². The zero-order chi connectivity index (χ0) is 18.6. The number of carboxylic acid groups (broad SMARTS) is 1. The fraction of sp³-hybridized carbons (Fsp3) is 0.500. The summed E-state index contributed by atoms with van der Waals surface area (Å²) in [7, 11) is 0. The van der Waals surface area contributed by atoms with Crippen LogP contribution in [0.25, 0.3) is 6.08 Å². The van der Waals surface area contributed by atoms with Gasteiger partial charge < -0.3 is 14.7 Å². The van der Waals surface area contributed by atoms with Gasteiger partial charge in [0, 0.05) is 32.0 Å². The lowest BCUT2D eigenvalue weighted by atomic mass is 9.97. The van der Waals surface area contributed by atoms with Crippen LogP contribution >= 0.6 is 0 Å². The molecule has 0 aliphatic carbocycles. The molecule has 2 heterocycles. The van der Waals surface area contributed by atoms with Gasteiger partial charge in [0.05, 0.1) is 6.61 Å². The molecule has 2 fully saturated rings. The highest BCUT2D eigenvalue weighted by Crippen LogP contribution is 2.37. The number of piperidine rings is 1. The maximum Gasteiger partial charge on any atom is 0.328 e. The molecule has 0 aromatic heterocycles. The van der Waals surface area contributed by atoms with Crippen LogP contribution in [0.3, 0.4) is 0 Å². The molecule has 6 heteroatoms. The highest BCUT2D eigenvalue weighted by Gasteiger charge is 2.53. The maximum atomic E-state index is 12.9. The van der Waals surface area contributed by atoms with E-state index in [0.717, 1.165) is 31.6 Å². The van der Waals surface area contributed by atoms with Gasteiger partial charge in [-0.05, 0) is 24.6 Å². The number of nitrogens with zero attached hydrogens (tertiary/aromatic N) is 2. The van der Waals surface area contributed by atoms with Gasteiger partial charge in [-0.25, -0.2) is 4.79 Å².